The summed E-state index contributed by atoms with van der Waals surface area (Å²) >= 11 is 0. The van der Waals surface area contributed by atoms with Gasteiger partial charge in [-0.2, -0.15) is 0 Å². The molecule has 1 aliphatic rings. The molecule has 0 amide bonds. The molecule has 1 heterocycles. The van der Waals surface area contributed by atoms with Crippen LogP contribution in [0.1, 0.15) is 31.7 Å². The molecule has 2 rings (SSSR count). The minimum atomic E-state index is -3.49. The molecule has 0 atom stereocenters. The molecule has 1 aliphatic heterocycles. The van der Waals surface area contributed by atoms with Crippen LogP contribution in [-0.4, -0.2) is 59.8 Å². The van der Waals surface area contributed by atoms with E-state index in [9.17, 15) is 8.42 Å². The van der Waals surface area contributed by atoms with E-state index in [4.69, 9.17) is 9.47 Å². The van der Waals surface area contributed by atoms with Gasteiger partial charge in [-0.25, -0.2) is 13.1 Å². The molecule has 0 aromatic heterocycles. The molecule has 1 saturated heterocycles. The predicted molar refractivity (Wildman–Crippen MR) is 103 cm³/mol. The minimum absolute atomic E-state index is 0.289. The number of likely N-dealkylation sites (tertiary alicyclic amines) is 1. The van der Waals surface area contributed by atoms with Gasteiger partial charge < -0.3 is 14.4 Å². The van der Waals surface area contributed by atoms with Gasteiger partial charge in [0.2, 0.25) is 10.0 Å². The normalized spacial score (nSPS) is 16.7. The van der Waals surface area contributed by atoms with Crippen LogP contribution in [0.25, 0.3) is 0 Å². The highest BCUT2D eigenvalue weighted by atomic mass is 32.2. The molecule has 0 aliphatic carbocycles. The Labute approximate surface area is 157 Å². The maximum atomic E-state index is 12.6. The summed E-state index contributed by atoms with van der Waals surface area (Å²) in [6.07, 6.45) is 3.27. The van der Waals surface area contributed by atoms with Crippen molar-refractivity contribution in [2.75, 3.05) is 46.5 Å². The van der Waals surface area contributed by atoms with Gasteiger partial charge in [0.15, 0.2) is 0 Å². The zero-order valence-corrected chi connectivity index (χ0v) is 17.0. The smallest absolute Gasteiger partial charge is 0.240 e. The third-order valence-electron chi connectivity index (χ3n) is 4.81. The van der Waals surface area contributed by atoms with Crippen molar-refractivity contribution >= 4 is 10.0 Å². The van der Waals surface area contributed by atoms with Gasteiger partial charge in [-0.05, 0) is 75.5 Å². The van der Waals surface area contributed by atoms with Crippen LogP contribution in [-0.2, 0) is 14.8 Å². The second-order valence-electron chi connectivity index (χ2n) is 6.91. The van der Waals surface area contributed by atoms with E-state index in [0.29, 0.717) is 31.4 Å². The Morgan fingerprint density at radius 3 is 2.58 bits per heavy atom. The molecule has 148 valence electrons. The van der Waals surface area contributed by atoms with Gasteiger partial charge in [0.25, 0.3) is 0 Å². The van der Waals surface area contributed by atoms with E-state index in [1.54, 1.807) is 25.3 Å². The van der Waals surface area contributed by atoms with Crippen LogP contribution in [0.5, 0.6) is 5.75 Å². The molecule has 0 spiro atoms. The van der Waals surface area contributed by atoms with Gasteiger partial charge in [-0.3, -0.25) is 0 Å². The molecule has 26 heavy (non-hydrogen) atoms. The number of piperidine rings is 1. The average Bonchev–Trinajstić information content (AvgIpc) is 2.63. The second-order valence-corrected chi connectivity index (χ2v) is 8.67. The van der Waals surface area contributed by atoms with Gasteiger partial charge in [0.05, 0.1) is 11.5 Å². The van der Waals surface area contributed by atoms with Crippen molar-refractivity contribution in [3.05, 3.63) is 23.8 Å². The lowest BCUT2D eigenvalue weighted by Crippen LogP contribution is -2.38. The van der Waals surface area contributed by atoms with Crippen molar-refractivity contribution in [1.82, 2.24) is 9.62 Å². The quantitative estimate of drug-likeness (QED) is 0.628. The maximum Gasteiger partial charge on any atom is 0.240 e. The predicted octanol–water partition coefficient (Wildman–Crippen LogP) is 2.42. The van der Waals surface area contributed by atoms with E-state index < -0.39 is 10.0 Å². The maximum absolute atomic E-state index is 12.6. The number of nitrogens with zero attached hydrogens (tertiary/aromatic N) is 1. The van der Waals surface area contributed by atoms with E-state index in [1.165, 1.54) is 6.42 Å². The highest BCUT2D eigenvalue weighted by Gasteiger charge is 2.22. The Kier molecular flexibility index (Phi) is 8.34. The highest BCUT2D eigenvalue weighted by molar-refractivity contribution is 7.89. The average molecular weight is 385 g/mol. The van der Waals surface area contributed by atoms with Crippen LogP contribution in [0.3, 0.4) is 0 Å². The number of methoxy groups -OCH3 is 1. The third kappa shape index (κ3) is 6.23. The van der Waals surface area contributed by atoms with Crippen LogP contribution >= 0.6 is 0 Å². The second kappa shape index (κ2) is 10.3. The molecule has 0 bridgehead atoms. The molecular formula is C19H32N2O4S. The topological polar surface area (TPSA) is 67.9 Å². The zero-order chi connectivity index (χ0) is 19.0. The summed E-state index contributed by atoms with van der Waals surface area (Å²) in [7, 11) is -1.88. The van der Waals surface area contributed by atoms with Gasteiger partial charge in [-0.1, -0.05) is 6.92 Å². The number of sulfonamides is 1. The lowest BCUT2D eigenvalue weighted by atomic mass is 9.97. The lowest BCUT2D eigenvalue weighted by molar-refractivity contribution is 0.146. The summed E-state index contributed by atoms with van der Waals surface area (Å²) < 4.78 is 38.5. The van der Waals surface area contributed by atoms with E-state index in [-0.39, 0.29) is 4.90 Å². The van der Waals surface area contributed by atoms with E-state index in [1.807, 2.05) is 6.92 Å². The van der Waals surface area contributed by atoms with Crippen LogP contribution in [0.4, 0.5) is 0 Å². The molecule has 7 heteroatoms. The van der Waals surface area contributed by atoms with Crippen molar-refractivity contribution in [3.63, 3.8) is 0 Å². The first-order valence-corrected chi connectivity index (χ1v) is 10.9. The Bertz CT molecular complexity index is 656. The number of aryl methyl sites for hydroxylation is 1. The molecule has 0 radical (unpaired) electrons. The molecule has 0 unspecified atom stereocenters. The first-order valence-electron chi connectivity index (χ1n) is 9.40. The fourth-order valence-corrected chi connectivity index (χ4v) is 4.43. The monoisotopic (exact) mass is 384 g/mol. The number of nitrogens with one attached hydrogen (secondary N) is 1. The molecule has 1 aromatic rings. The summed E-state index contributed by atoms with van der Waals surface area (Å²) in [5.74, 6) is 1.10. The van der Waals surface area contributed by atoms with E-state index in [2.05, 4.69) is 16.5 Å². The summed E-state index contributed by atoms with van der Waals surface area (Å²) in [6, 6.07) is 4.97. The largest absolute Gasteiger partial charge is 0.491 e. The third-order valence-corrected chi connectivity index (χ3v) is 6.23. The Morgan fingerprint density at radius 2 is 1.96 bits per heavy atom. The van der Waals surface area contributed by atoms with Gasteiger partial charge in [0, 0.05) is 13.7 Å². The van der Waals surface area contributed by atoms with Gasteiger partial charge in [-0.15, -0.1) is 0 Å². The number of hydrogen-bond acceptors (Lipinski definition) is 5. The van der Waals surface area contributed by atoms with Crippen LogP contribution in [0.2, 0.25) is 0 Å². The van der Waals surface area contributed by atoms with Gasteiger partial charge >= 0.3 is 0 Å². The van der Waals surface area contributed by atoms with Crippen molar-refractivity contribution in [2.24, 2.45) is 5.92 Å². The van der Waals surface area contributed by atoms with E-state index >= 15 is 0 Å². The summed E-state index contributed by atoms with van der Waals surface area (Å²) in [5.41, 5.74) is 0.803. The number of hydrogen-bond donors (Lipinski definition) is 1. The molecular weight excluding hydrogens is 352 g/mol. The van der Waals surface area contributed by atoms with E-state index in [0.717, 1.165) is 38.0 Å². The Morgan fingerprint density at radius 1 is 1.23 bits per heavy atom. The van der Waals surface area contributed by atoms with Crippen molar-refractivity contribution in [3.8, 4) is 5.75 Å². The van der Waals surface area contributed by atoms with Crippen molar-refractivity contribution < 1.29 is 17.9 Å². The number of rotatable bonds is 10. The van der Waals surface area contributed by atoms with Crippen LogP contribution < -0.4 is 9.46 Å². The Hall–Kier alpha value is -1.15. The first kappa shape index (κ1) is 21.2. The SMILES string of the molecule is CCCN1CCC(CNS(=O)(=O)c2ccc(OCCOC)c(C)c2)CC1. The van der Waals surface area contributed by atoms with Crippen LogP contribution in [0.15, 0.2) is 23.1 Å². The molecule has 0 saturated carbocycles. The fourth-order valence-electron chi connectivity index (χ4n) is 3.23. The molecule has 1 N–H and O–H groups in total. The summed E-state index contributed by atoms with van der Waals surface area (Å²) in [4.78, 5) is 2.74. The molecule has 1 fully saturated rings. The van der Waals surface area contributed by atoms with Crippen molar-refractivity contribution in [2.45, 2.75) is 38.0 Å². The molecule has 1 aromatic carbocycles. The van der Waals surface area contributed by atoms with Gasteiger partial charge in [0.1, 0.15) is 12.4 Å². The number of ether oxygens (including phenoxy) is 2. The zero-order valence-electron chi connectivity index (χ0n) is 16.2. The van der Waals surface area contributed by atoms with Crippen LogP contribution in [0, 0.1) is 12.8 Å². The summed E-state index contributed by atoms with van der Waals surface area (Å²) in [6.45, 7) is 8.75. The minimum Gasteiger partial charge on any atom is -0.491 e. The van der Waals surface area contributed by atoms with Crippen molar-refractivity contribution in [1.29, 1.82) is 0 Å². The lowest BCUT2D eigenvalue weighted by Gasteiger charge is -2.31. The standard InChI is InChI=1S/C19H32N2O4S/c1-4-9-21-10-7-17(8-11-21)15-20-26(22,23)18-5-6-19(16(2)14-18)25-13-12-24-3/h5-6,14,17,20H,4,7-13,15H2,1-3H3. The number of benzene rings is 1. The molecule has 6 nitrogen and oxygen atoms in total. The summed E-state index contributed by atoms with van der Waals surface area (Å²) in [5, 5.41) is 0. The fraction of sp³-hybridized carbons (Fsp3) is 0.684. The first-order chi connectivity index (χ1) is 12.5. The Balaban J connectivity index is 1.88. The highest BCUT2D eigenvalue weighted by Crippen LogP contribution is 2.22.